The average Bonchev–Trinajstić information content (AvgIpc) is 2.42. The molecule has 21 heavy (non-hydrogen) atoms. The highest BCUT2D eigenvalue weighted by molar-refractivity contribution is 5.94. The van der Waals surface area contributed by atoms with Crippen molar-refractivity contribution in [1.82, 2.24) is 10.2 Å². The molecule has 116 valence electrons. The SMILES string of the molecule is CNC(=O)CCN(C)C(=O)c1cc(C(F)(F)F)ccc1F. The zero-order valence-electron chi connectivity index (χ0n) is 11.4. The second kappa shape index (κ2) is 6.55. The molecule has 0 aliphatic rings. The molecule has 0 saturated heterocycles. The summed E-state index contributed by atoms with van der Waals surface area (Å²) >= 11 is 0. The third-order valence-electron chi connectivity index (χ3n) is 2.82. The van der Waals surface area contributed by atoms with Gasteiger partial charge in [0.05, 0.1) is 11.1 Å². The fourth-order valence-corrected chi connectivity index (χ4v) is 1.57. The van der Waals surface area contributed by atoms with E-state index in [1.54, 1.807) is 0 Å². The molecule has 0 heterocycles. The van der Waals surface area contributed by atoms with Crippen molar-refractivity contribution in [3.63, 3.8) is 0 Å². The summed E-state index contributed by atoms with van der Waals surface area (Å²) < 4.78 is 51.2. The van der Waals surface area contributed by atoms with Crippen LogP contribution < -0.4 is 5.32 Å². The highest BCUT2D eigenvalue weighted by Crippen LogP contribution is 2.30. The molecule has 4 nitrogen and oxygen atoms in total. The van der Waals surface area contributed by atoms with Crippen LogP contribution >= 0.6 is 0 Å². The number of hydrogen-bond donors (Lipinski definition) is 1. The fraction of sp³-hybridized carbons (Fsp3) is 0.385. The van der Waals surface area contributed by atoms with Crippen molar-refractivity contribution in [3.05, 3.63) is 35.1 Å². The van der Waals surface area contributed by atoms with Gasteiger partial charge in [-0.05, 0) is 18.2 Å². The maximum atomic E-state index is 13.5. The minimum absolute atomic E-state index is 0.0285. The second-order valence-electron chi connectivity index (χ2n) is 4.34. The van der Waals surface area contributed by atoms with E-state index in [2.05, 4.69) is 5.32 Å². The topological polar surface area (TPSA) is 49.4 Å². The number of carbonyl (C=O) groups excluding carboxylic acids is 2. The Morgan fingerprint density at radius 1 is 1.29 bits per heavy atom. The van der Waals surface area contributed by atoms with Gasteiger partial charge in [0.1, 0.15) is 5.82 Å². The number of carbonyl (C=O) groups is 2. The lowest BCUT2D eigenvalue weighted by Crippen LogP contribution is -2.32. The number of hydrogen-bond acceptors (Lipinski definition) is 2. The standard InChI is InChI=1S/C13H14F4N2O2/c1-18-11(20)5-6-19(2)12(21)9-7-8(13(15,16)17)3-4-10(9)14/h3-4,7H,5-6H2,1-2H3,(H,18,20). The summed E-state index contributed by atoms with van der Waals surface area (Å²) in [6.07, 6.45) is -4.69. The Labute approximate surface area is 118 Å². The molecule has 1 aromatic rings. The Morgan fingerprint density at radius 3 is 2.43 bits per heavy atom. The summed E-state index contributed by atoms with van der Waals surface area (Å²) in [4.78, 5) is 24.0. The van der Waals surface area contributed by atoms with Crippen LogP contribution in [0.25, 0.3) is 0 Å². The molecule has 1 N–H and O–H groups in total. The van der Waals surface area contributed by atoms with Crippen LogP contribution in [0.15, 0.2) is 18.2 Å². The van der Waals surface area contributed by atoms with Gasteiger partial charge in [0.25, 0.3) is 5.91 Å². The summed E-state index contributed by atoms with van der Waals surface area (Å²) in [7, 11) is 2.70. The van der Waals surface area contributed by atoms with E-state index in [9.17, 15) is 27.2 Å². The Hall–Kier alpha value is -2.12. The van der Waals surface area contributed by atoms with Gasteiger partial charge in [-0.1, -0.05) is 0 Å². The van der Waals surface area contributed by atoms with Gasteiger partial charge in [0, 0.05) is 27.1 Å². The molecule has 0 bridgehead atoms. The molecular formula is C13H14F4N2O2. The second-order valence-corrected chi connectivity index (χ2v) is 4.34. The summed E-state index contributed by atoms with van der Waals surface area (Å²) in [6, 6.07) is 1.63. The van der Waals surface area contributed by atoms with E-state index in [4.69, 9.17) is 0 Å². The number of rotatable bonds is 4. The van der Waals surface area contributed by atoms with E-state index in [0.717, 1.165) is 4.90 Å². The van der Waals surface area contributed by atoms with Crippen LogP contribution in [0.3, 0.4) is 0 Å². The van der Waals surface area contributed by atoms with Crippen molar-refractivity contribution in [2.24, 2.45) is 0 Å². The van der Waals surface area contributed by atoms with E-state index in [1.807, 2.05) is 0 Å². The van der Waals surface area contributed by atoms with Gasteiger partial charge in [-0.25, -0.2) is 4.39 Å². The number of nitrogens with one attached hydrogen (secondary N) is 1. The lowest BCUT2D eigenvalue weighted by atomic mass is 10.1. The lowest BCUT2D eigenvalue weighted by molar-refractivity contribution is -0.137. The average molecular weight is 306 g/mol. The van der Waals surface area contributed by atoms with Crippen molar-refractivity contribution < 1.29 is 27.2 Å². The first-order valence-electron chi connectivity index (χ1n) is 5.99. The minimum atomic E-state index is -4.66. The van der Waals surface area contributed by atoms with E-state index in [1.165, 1.54) is 14.1 Å². The molecule has 1 aromatic carbocycles. The van der Waals surface area contributed by atoms with E-state index >= 15 is 0 Å². The predicted octanol–water partition coefficient (Wildman–Crippen LogP) is 2.05. The number of halogens is 4. The molecule has 0 unspecified atom stereocenters. The van der Waals surface area contributed by atoms with E-state index in [0.29, 0.717) is 18.2 Å². The third kappa shape index (κ3) is 4.44. The number of nitrogens with zero attached hydrogens (tertiary/aromatic N) is 1. The highest BCUT2D eigenvalue weighted by Gasteiger charge is 2.32. The minimum Gasteiger partial charge on any atom is -0.359 e. The maximum absolute atomic E-state index is 13.5. The first-order valence-corrected chi connectivity index (χ1v) is 5.99. The monoisotopic (exact) mass is 306 g/mol. The fourth-order valence-electron chi connectivity index (χ4n) is 1.57. The zero-order chi connectivity index (χ0) is 16.2. The number of benzene rings is 1. The zero-order valence-corrected chi connectivity index (χ0v) is 11.4. The van der Waals surface area contributed by atoms with Crippen LogP contribution in [0.4, 0.5) is 17.6 Å². The van der Waals surface area contributed by atoms with Crippen LogP contribution in [-0.4, -0.2) is 37.4 Å². The maximum Gasteiger partial charge on any atom is 0.416 e. The van der Waals surface area contributed by atoms with Gasteiger partial charge in [-0.2, -0.15) is 13.2 Å². The Morgan fingerprint density at radius 2 is 1.90 bits per heavy atom. The van der Waals surface area contributed by atoms with Gasteiger partial charge >= 0.3 is 6.18 Å². The van der Waals surface area contributed by atoms with Crippen LogP contribution in [0.1, 0.15) is 22.3 Å². The van der Waals surface area contributed by atoms with Crippen molar-refractivity contribution >= 4 is 11.8 Å². The molecule has 1 rings (SSSR count). The van der Waals surface area contributed by atoms with Crippen LogP contribution in [0.2, 0.25) is 0 Å². The summed E-state index contributed by atoms with van der Waals surface area (Å²) in [5, 5.41) is 2.34. The Bertz CT molecular complexity index is 543. The third-order valence-corrected chi connectivity index (χ3v) is 2.82. The van der Waals surface area contributed by atoms with Crippen molar-refractivity contribution in [1.29, 1.82) is 0 Å². The van der Waals surface area contributed by atoms with Crippen LogP contribution in [-0.2, 0) is 11.0 Å². The van der Waals surface area contributed by atoms with E-state index in [-0.39, 0.29) is 18.9 Å². The molecule has 0 spiro atoms. The molecular weight excluding hydrogens is 292 g/mol. The van der Waals surface area contributed by atoms with Gasteiger partial charge in [0.2, 0.25) is 5.91 Å². The first kappa shape index (κ1) is 16.9. The van der Waals surface area contributed by atoms with Gasteiger partial charge < -0.3 is 10.2 Å². The van der Waals surface area contributed by atoms with Crippen molar-refractivity contribution in [2.75, 3.05) is 20.6 Å². The summed E-state index contributed by atoms with van der Waals surface area (Å²) in [5.41, 5.74) is -1.78. The Balaban J connectivity index is 2.93. The molecule has 0 fully saturated rings. The van der Waals surface area contributed by atoms with Crippen LogP contribution in [0.5, 0.6) is 0 Å². The van der Waals surface area contributed by atoms with E-state index < -0.39 is 29.0 Å². The molecule has 8 heteroatoms. The number of alkyl halides is 3. The smallest absolute Gasteiger partial charge is 0.359 e. The number of amides is 2. The van der Waals surface area contributed by atoms with Crippen molar-refractivity contribution in [2.45, 2.75) is 12.6 Å². The van der Waals surface area contributed by atoms with Gasteiger partial charge in [0.15, 0.2) is 0 Å². The molecule has 0 aliphatic heterocycles. The molecule has 0 aliphatic carbocycles. The summed E-state index contributed by atoms with van der Waals surface area (Å²) in [5.74, 6) is -2.29. The molecule has 0 atom stereocenters. The lowest BCUT2D eigenvalue weighted by Gasteiger charge is -2.18. The molecule has 0 aromatic heterocycles. The quantitative estimate of drug-likeness (QED) is 0.866. The van der Waals surface area contributed by atoms with Crippen molar-refractivity contribution in [3.8, 4) is 0 Å². The molecule has 0 saturated carbocycles. The van der Waals surface area contributed by atoms with Gasteiger partial charge in [-0.3, -0.25) is 9.59 Å². The van der Waals surface area contributed by atoms with Crippen LogP contribution in [0, 0.1) is 5.82 Å². The Kier molecular flexibility index (Phi) is 5.28. The molecule has 2 amide bonds. The normalized spacial score (nSPS) is 11.1. The highest BCUT2D eigenvalue weighted by atomic mass is 19.4. The summed E-state index contributed by atoms with van der Waals surface area (Å²) in [6.45, 7) is -0.0335. The predicted molar refractivity (Wildman–Crippen MR) is 67.0 cm³/mol. The largest absolute Gasteiger partial charge is 0.416 e. The first-order chi connectivity index (χ1) is 9.66. The van der Waals surface area contributed by atoms with Gasteiger partial charge in [-0.15, -0.1) is 0 Å². The molecule has 0 radical (unpaired) electrons.